The molecule has 1 aliphatic rings. The standard InChI is InChI=1S/C55H42N2/c1-55(2,3)43-24-25-47-49(33-43)54(42-21-17-35-11-7-8-12-36(35)30-42)46-16-10-9-15-45(46)53(47)41-22-20-37-29-38(18-19-39(37)31-41)40-23-26-51-48(32-40)50-34-56-28-27-52(50)57(51)44-13-5-4-6-14-44/h4-33,56H,34H2,1-3H3. The molecule has 0 saturated carbocycles. The maximum Gasteiger partial charge on any atom is 0.0538 e. The number of para-hydroxylation sites is 1. The van der Waals surface area contributed by atoms with Gasteiger partial charge in [-0.05, 0) is 148 Å². The van der Waals surface area contributed by atoms with E-state index in [1.54, 1.807) is 0 Å². The van der Waals surface area contributed by atoms with Gasteiger partial charge in [0.15, 0.2) is 0 Å². The van der Waals surface area contributed by atoms with Gasteiger partial charge in [0.05, 0.1) is 11.2 Å². The largest absolute Gasteiger partial charge is 0.387 e. The van der Waals surface area contributed by atoms with E-state index < -0.39 is 0 Å². The molecule has 0 unspecified atom stereocenters. The molecule has 0 radical (unpaired) electrons. The summed E-state index contributed by atoms with van der Waals surface area (Å²) in [7, 11) is 0. The first kappa shape index (κ1) is 33.4. The molecule has 9 aromatic carbocycles. The third-order valence-corrected chi connectivity index (χ3v) is 12.2. The van der Waals surface area contributed by atoms with Crippen molar-refractivity contribution in [1.82, 2.24) is 9.88 Å². The third-order valence-electron chi connectivity index (χ3n) is 12.2. The van der Waals surface area contributed by atoms with Gasteiger partial charge in [-0.25, -0.2) is 0 Å². The SMILES string of the molecule is CC(C)(C)c1ccc2c(-c3ccc4cc(-c5ccc6c(c5)c5c(n6-c6ccccc6)C=CNC5)ccc4c3)c3ccccc3c(-c3ccc4ccccc4c3)c2c1. The summed E-state index contributed by atoms with van der Waals surface area (Å²) in [6.45, 7) is 7.75. The number of nitrogens with one attached hydrogen (secondary N) is 1. The number of fused-ring (bicyclic) bond motifs is 7. The van der Waals surface area contributed by atoms with Crippen molar-refractivity contribution in [2.45, 2.75) is 32.7 Å². The minimum Gasteiger partial charge on any atom is -0.387 e. The van der Waals surface area contributed by atoms with Crippen LogP contribution in [-0.2, 0) is 12.0 Å². The molecule has 11 rings (SSSR count). The van der Waals surface area contributed by atoms with Crippen LogP contribution >= 0.6 is 0 Å². The average molecular weight is 731 g/mol. The van der Waals surface area contributed by atoms with Crippen molar-refractivity contribution in [3.05, 3.63) is 193 Å². The van der Waals surface area contributed by atoms with Crippen LogP contribution in [0.1, 0.15) is 37.6 Å². The summed E-state index contributed by atoms with van der Waals surface area (Å²) in [5.41, 5.74) is 13.9. The molecule has 1 aromatic heterocycles. The third kappa shape index (κ3) is 5.47. The highest BCUT2D eigenvalue weighted by Crippen LogP contribution is 2.46. The van der Waals surface area contributed by atoms with Gasteiger partial charge >= 0.3 is 0 Å². The zero-order chi connectivity index (χ0) is 38.3. The van der Waals surface area contributed by atoms with Crippen molar-refractivity contribution in [3.8, 4) is 39.1 Å². The van der Waals surface area contributed by atoms with Crippen LogP contribution in [-0.4, -0.2) is 4.57 Å². The molecule has 0 amide bonds. The fourth-order valence-electron chi connectivity index (χ4n) is 9.26. The second kappa shape index (κ2) is 12.8. The van der Waals surface area contributed by atoms with Gasteiger partial charge < -0.3 is 9.88 Å². The Balaban J connectivity index is 1.07. The van der Waals surface area contributed by atoms with E-state index in [1.165, 1.54) is 110 Å². The molecule has 0 saturated heterocycles. The summed E-state index contributed by atoms with van der Waals surface area (Å²) in [5, 5.41) is 14.9. The van der Waals surface area contributed by atoms with Crippen LogP contribution in [0, 0.1) is 0 Å². The lowest BCUT2D eigenvalue weighted by atomic mass is 9.81. The van der Waals surface area contributed by atoms with Crippen LogP contribution in [0.15, 0.2) is 176 Å². The Labute approximate surface area is 333 Å². The molecule has 2 heteroatoms. The number of hydrogen-bond acceptors (Lipinski definition) is 1. The van der Waals surface area contributed by atoms with Crippen molar-refractivity contribution in [1.29, 1.82) is 0 Å². The van der Waals surface area contributed by atoms with Crippen LogP contribution in [0.25, 0.3) is 99.1 Å². The molecule has 2 heterocycles. The Morgan fingerprint density at radius 2 is 1.02 bits per heavy atom. The van der Waals surface area contributed by atoms with Crippen LogP contribution in [0.3, 0.4) is 0 Å². The van der Waals surface area contributed by atoms with Crippen molar-refractivity contribution >= 4 is 60.1 Å². The highest BCUT2D eigenvalue weighted by atomic mass is 15.0. The maximum absolute atomic E-state index is 3.45. The Morgan fingerprint density at radius 3 is 1.75 bits per heavy atom. The highest BCUT2D eigenvalue weighted by Gasteiger charge is 2.22. The first-order chi connectivity index (χ1) is 27.9. The van der Waals surface area contributed by atoms with E-state index in [1.807, 2.05) is 0 Å². The highest BCUT2D eigenvalue weighted by molar-refractivity contribution is 6.22. The van der Waals surface area contributed by atoms with Gasteiger partial charge in [0.2, 0.25) is 0 Å². The molecule has 2 nitrogen and oxygen atoms in total. The first-order valence-corrected chi connectivity index (χ1v) is 20.0. The monoisotopic (exact) mass is 730 g/mol. The van der Waals surface area contributed by atoms with Crippen molar-refractivity contribution < 1.29 is 0 Å². The van der Waals surface area contributed by atoms with Crippen LogP contribution < -0.4 is 5.32 Å². The second-order valence-electron chi connectivity index (χ2n) is 16.6. The fraction of sp³-hybridized carbons (Fsp3) is 0.0909. The summed E-state index contributed by atoms with van der Waals surface area (Å²) in [6, 6.07) is 63.4. The van der Waals surface area contributed by atoms with Crippen molar-refractivity contribution in [2.75, 3.05) is 0 Å². The van der Waals surface area contributed by atoms with Crippen LogP contribution in [0.2, 0.25) is 0 Å². The summed E-state index contributed by atoms with van der Waals surface area (Å²) in [6.07, 6.45) is 4.26. The second-order valence-corrected chi connectivity index (χ2v) is 16.6. The van der Waals surface area contributed by atoms with Gasteiger partial charge in [-0.2, -0.15) is 0 Å². The molecule has 57 heavy (non-hydrogen) atoms. The van der Waals surface area contributed by atoms with Gasteiger partial charge in [0, 0.05) is 23.2 Å². The topological polar surface area (TPSA) is 17.0 Å². The van der Waals surface area contributed by atoms with Gasteiger partial charge in [0.25, 0.3) is 0 Å². The lowest BCUT2D eigenvalue weighted by Gasteiger charge is -2.23. The van der Waals surface area contributed by atoms with Gasteiger partial charge in [-0.3, -0.25) is 0 Å². The van der Waals surface area contributed by atoms with Gasteiger partial charge in [-0.1, -0.05) is 142 Å². The minimum atomic E-state index is 0.0188. The van der Waals surface area contributed by atoms with Gasteiger partial charge in [-0.15, -0.1) is 0 Å². The summed E-state index contributed by atoms with van der Waals surface area (Å²) >= 11 is 0. The lowest BCUT2D eigenvalue weighted by Crippen LogP contribution is -2.10. The van der Waals surface area contributed by atoms with E-state index >= 15 is 0 Å². The Morgan fingerprint density at radius 1 is 0.456 bits per heavy atom. The van der Waals surface area contributed by atoms with E-state index in [2.05, 4.69) is 213 Å². The summed E-state index contributed by atoms with van der Waals surface area (Å²) < 4.78 is 2.39. The smallest absolute Gasteiger partial charge is 0.0538 e. The average Bonchev–Trinajstić information content (AvgIpc) is 3.58. The number of rotatable bonds is 4. The van der Waals surface area contributed by atoms with Crippen LogP contribution in [0.5, 0.6) is 0 Å². The summed E-state index contributed by atoms with van der Waals surface area (Å²) in [4.78, 5) is 0. The number of hydrogen-bond donors (Lipinski definition) is 1. The normalized spacial score (nSPS) is 12.8. The minimum absolute atomic E-state index is 0.0188. The Kier molecular flexibility index (Phi) is 7.53. The van der Waals surface area contributed by atoms with E-state index in [4.69, 9.17) is 0 Å². The molecular formula is C55H42N2. The van der Waals surface area contributed by atoms with E-state index in [0.29, 0.717) is 0 Å². The Bertz CT molecular complexity index is 3260. The molecule has 0 aliphatic carbocycles. The predicted molar refractivity (Wildman–Crippen MR) is 244 cm³/mol. The van der Waals surface area contributed by atoms with Crippen molar-refractivity contribution in [3.63, 3.8) is 0 Å². The Hall–Kier alpha value is -6.90. The number of benzene rings is 9. The molecule has 272 valence electrons. The fourth-order valence-corrected chi connectivity index (χ4v) is 9.26. The lowest BCUT2D eigenvalue weighted by molar-refractivity contribution is 0.591. The molecule has 0 spiro atoms. The molecular weight excluding hydrogens is 689 g/mol. The molecule has 1 aliphatic heterocycles. The molecule has 0 fully saturated rings. The molecule has 0 atom stereocenters. The zero-order valence-electron chi connectivity index (χ0n) is 32.5. The van der Waals surface area contributed by atoms with Crippen LogP contribution in [0.4, 0.5) is 0 Å². The number of aromatic nitrogens is 1. The summed E-state index contributed by atoms with van der Waals surface area (Å²) in [5.74, 6) is 0. The molecule has 10 aromatic rings. The first-order valence-electron chi connectivity index (χ1n) is 20.0. The van der Waals surface area contributed by atoms with E-state index in [9.17, 15) is 0 Å². The maximum atomic E-state index is 3.45. The van der Waals surface area contributed by atoms with E-state index in [0.717, 1.165) is 6.54 Å². The zero-order valence-corrected chi connectivity index (χ0v) is 32.5. The molecule has 1 N–H and O–H groups in total. The quantitative estimate of drug-likeness (QED) is 0.178. The predicted octanol–water partition coefficient (Wildman–Crippen LogP) is 14.6. The van der Waals surface area contributed by atoms with E-state index in [-0.39, 0.29) is 5.41 Å². The number of nitrogens with zero attached hydrogens (tertiary/aromatic N) is 1. The van der Waals surface area contributed by atoms with Gasteiger partial charge in [0.1, 0.15) is 0 Å². The van der Waals surface area contributed by atoms with Crippen molar-refractivity contribution in [2.24, 2.45) is 0 Å². The molecule has 0 bridgehead atoms.